The number of carbonyl (C=O) groups is 1. The maximum atomic E-state index is 11.2. The molecule has 0 saturated carbocycles. The van der Waals surface area contributed by atoms with Crippen LogP contribution in [0.5, 0.6) is 0 Å². The molecule has 0 heterocycles. The quantitative estimate of drug-likeness (QED) is 0.785. The summed E-state index contributed by atoms with van der Waals surface area (Å²) in [6.45, 7) is 2.80. The first-order valence-electron chi connectivity index (χ1n) is 4.30. The summed E-state index contributed by atoms with van der Waals surface area (Å²) < 4.78 is 4.57. The Labute approximate surface area is 88.0 Å². The fourth-order valence-corrected chi connectivity index (χ4v) is 1.36. The summed E-state index contributed by atoms with van der Waals surface area (Å²) in [5.74, 6) is -0.418. The molecule has 0 bridgehead atoms. The minimum absolute atomic E-state index is 0.385. The van der Waals surface area contributed by atoms with Gasteiger partial charge in [-0.25, -0.2) is 4.79 Å². The highest BCUT2D eigenvalue weighted by atomic mass is 35.5. The molecule has 0 unspecified atom stereocenters. The third-order valence-corrected chi connectivity index (χ3v) is 2.07. The maximum Gasteiger partial charge on any atom is 0.339 e. The molecule has 0 aliphatic carbocycles. The SMILES string of the molecule is CCNc1ccc(C(=O)OC)c(Cl)c1. The molecule has 0 aliphatic rings. The van der Waals surface area contributed by atoms with Crippen LogP contribution in [0, 0.1) is 0 Å². The van der Waals surface area contributed by atoms with Crippen LogP contribution in [-0.2, 0) is 4.74 Å². The number of benzene rings is 1. The number of rotatable bonds is 3. The van der Waals surface area contributed by atoms with Gasteiger partial charge in [-0.3, -0.25) is 0 Å². The fraction of sp³-hybridized carbons (Fsp3) is 0.300. The summed E-state index contributed by atoms with van der Waals surface area (Å²) in [6, 6.07) is 5.14. The van der Waals surface area contributed by atoms with E-state index in [0.717, 1.165) is 12.2 Å². The molecule has 1 N–H and O–H groups in total. The van der Waals surface area contributed by atoms with Crippen molar-refractivity contribution in [3.8, 4) is 0 Å². The molecule has 1 aromatic carbocycles. The number of hydrogen-bond donors (Lipinski definition) is 1. The summed E-state index contributed by atoms with van der Waals surface area (Å²) in [5, 5.41) is 3.49. The molecule has 0 aromatic heterocycles. The van der Waals surface area contributed by atoms with E-state index >= 15 is 0 Å². The van der Waals surface area contributed by atoms with E-state index < -0.39 is 5.97 Å². The Morgan fingerprint density at radius 2 is 2.29 bits per heavy atom. The van der Waals surface area contributed by atoms with Crippen molar-refractivity contribution in [3.63, 3.8) is 0 Å². The van der Waals surface area contributed by atoms with Crippen LogP contribution in [-0.4, -0.2) is 19.6 Å². The number of carbonyl (C=O) groups excluding carboxylic acids is 1. The standard InChI is InChI=1S/C10H12ClNO2/c1-3-12-7-4-5-8(9(11)6-7)10(13)14-2/h4-6,12H,3H2,1-2H3. The van der Waals surface area contributed by atoms with Gasteiger partial charge < -0.3 is 10.1 Å². The normalized spacial score (nSPS) is 9.64. The number of esters is 1. The number of hydrogen-bond acceptors (Lipinski definition) is 3. The lowest BCUT2D eigenvalue weighted by Crippen LogP contribution is -2.03. The van der Waals surface area contributed by atoms with Crippen molar-refractivity contribution in [1.29, 1.82) is 0 Å². The summed E-state index contributed by atoms with van der Waals surface area (Å²) >= 11 is 5.90. The van der Waals surface area contributed by atoms with Gasteiger partial charge in [0.05, 0.1) is 17.7 Å². The zero-order valence-corrected chi connectivity index (χ0v) is 8.89. The van der Waals surface area contributed by atoms with E-state index in [9.17, 15) is 4.79 Å². The van der Waals surface area contributed by atoms with Crippen LogP contribution >= 0.6 is 11.6 Å². The Hall–Kier alpha value is -1.22. The van der Waals surface area contributed by atoms with Gasteiger partial charge in [0.15, 0.2) is 0 Å². The van der Waals surface area contributed by atoms with Crippen LogP contribution in [0.25, 0.3) is 0 Å². The lowest BCUT2D eigenvalue weighted by molar-refractivity contribution is 0.0601. The predicted molar refractivity (Wildman–Crippen MR) is 57.0 cm³/mol. The highest BCUT2D eigenvalue weighted by Crippen LogP contribution is 2.21. The number of methoxy groups -OCH3 is 1. The van der Waals surface area contributed by atoms with Gasteiger partial charge in [-0.1, -0.05) is 11.6 Å². The van der Waals surface area contributed by atoms with E-state index in [1.54, 1.807) is 18.2 Å². The van der Waals surface area contributed by atoms with Crippen LogP contribution < -0.4 is 5.32 Å². The molecule has 0 atom stereocenters. The van der Waals surface area contributed by atoms with Gasteiger partial charge in [-0.05, 0) is 25.1 Å². The molecular formula is C10H12ClNO2. The Morgan fingerprint density at radius 3 is 2.79 bits per heavy atom. The molecular weight excluding hydrogens is 202 g/mol. The molecule has 0 amide bonds. The maximum absolute atomic E-state index is 11.2. The first kappa shape index (κ1) is 10.9. The van der Waals surface area contributed by atoms with Gasteiger partial charge in [0.25, 0.3) is 0 Å². The zero-order chi connectivity index (χ0) is 10.6. The van der Waals surface area contributed by atoms with Gasteiger partial charge >= 0.3 is 5.97 Å². The van der Waals surface area contributed by atoms with E-state index in [2.05, 4.69) is 10.1 Å². The summed E-state index contributed by atoms with van der Waals surface area (Å²) in [6.07, 6.45) is 0. The molecule has 76 valence electrons. The number of anilines is 1. The molecule has 14 heavy (non-hydrogen) atoms. The van der Waals surface area contributed by atoms with Crippen LogP contribution in [0.4, 0.5) is 5.69 Å². The van der Waals surface area contributed by atoms with Crippen LogP contribution in [0.2, 0.25) is 5.02 Å². The van der Waals surface area contributed by atoms with E-state index in [1.807, 2.05) is 6.92 Å². The van der Waals surface area contributed by atoms with Crippen LogP contribution in [0.15, 0.2) is 18.2 Å². The lowest BCUT2D eigenvalue weighted by atomic mass is 10.2. The molecule has 4 heteroatoms. The lowest BCUT2D eigenvalue weighted by Gasteiger charge is -2.06. The van der Waals surface area contributed by atoms with Crippen molar-refractivity contribution in [3.05, 3.63) is 28.8 Å². The first-order chi connectivity index (χ1) is 6.69. The van der Waals surface area contributed by atoms with E-state index in [4.69, 9.17) is 11.6 Å². The van der Waals surface area contributed by atoms with Gasteiger partial charge in [-0.2, -0.15) is 0 Å². The third-order valence-electron chi connectivity index (χ3n) is 1.76. The molecule has 1 aromatic rings. The minimum Gasteiger partial charge on any atom is -0.465 e. The predicted octanol–water partition coefficient (Wildman–Crippen LogP) is 2.56. The third kappa shape index (κ3) is 2.39. The van der Waals surface area contributed by atoms with Gasteiger partial charge in [0.2, 0.25) is 0 Å². The van der Waals surface area contributed by atoms with E-state index in [-0.39, 0.29) is 0 Å². The van der Waals surface area contributed by atoms with E-state index in [0.29, 0.717) is 10.6 Å². The summed E-state index contributed by atoms with van der Waals surface area (Å²) in [7, 11) is 1.33. The second-order valence-corrected chi connectivity index (χ2v) is 3.12. The second-order valence-electron chi connectivity index (χ2n) is 2.72. The van der Waals surface area contributed by atoms with Gasteiger partial charge in [0, 0.05) is 12.2 Å². The van der Waals surface area contributed by atoms with Crippen molar-refractivity contribution in [2.45, 2.75) is 6.92 Å². The Kier molecular flexibility index (Phi) is 3.77. The first-order valence-corrected chi connectivity index (χ1v) is 4.68. The number of halogens is 1. The van der Waals surface area contributed by atoms with Crippen molar-refractivity contribution in [2.75, 3.05) is 19.0 Å². The zero-order valence-electron chi connectivity index (χ0n) is 8.13. The molecule has 0 aliphatic heterocycles. The Bertz CT molecular complexity index is 339. The fourth-order valence-electron chi connectivity index (χ4n) is 1.10. The molecule has 0 spiro atoms. The number of nitrogens with one attached hydrogen (secondary N) is 1. The summed E-state index contributed by atoms with van der Waals surface area (Å²) in [5.41, 5.74) is 1.28. The van der Waals surface area contributed by atoms with Gasteiger partial charge in [0.1, 0.15) is 0 Å². The van der Waals surface area contributed by atoms with Crippen molar-refractivity contribution < 1.29 is 9.53 Å². The van der Waals surface area contributed by atoms with Crippen molar-refractivity contribution in [1.82, 2.24) is 0 Å². The summed E-state index contributed by atoms with van der Waals surface area (Å²) in [4.78, 5) is 11.2. The second kappa shape index (κ2) is 4.86. The minimum atomic E-state index is -0.418. The Balaban J connectivity index is 2.95. The number of ether oxygens (including phenoxy) is 1. The molecule has 0 fully saturated rings. The highest BCUT2D eigenvalue weighted by molar-refractivity contribution is 6.33. The molecule has 3 nitrogen and oxygen atoms in total. The molecule has 0 saturated heterocycles. The molecule has 0 radical (unpaired) electrons. The van der Waals surface area contributed by atoms with Crippen molar-refractivity contribution >= 4 is 23.3 Å². The van der Waals surface area contributed by atoms with Crippen molar-refractivity contribution in [2.24, 2.45) is 0 Å². The molecule has 1 rings (SSSR count). The van der Waals surface area contributed by atoms with Crippen LogP contribution in [0.3, 0.4) is 0 Å². The van der Waals surface area contributed by atoms with E-state index in [1.165, 1.54) is 7.11 Å². The topological polar surface area (TPSA) is 38.3 Å². The Morgan fingerprint density at radius 1 is 1.57 bits per heavy atom. The largest absolute Gasteiger partial charge is 0.465 e. The average Bonchev–Trinajstić information content (AvgIpc) is 2.17. The smallest absolute Gasteiger partial charge is 0.339 e. The average molecular weight is 214 g/mol. The van der Waals surface area contributed by atoms with Gasteiger partial charge in [-0.15, -0.1) is 0 Å². The monoisotopic (exact) mass is 213 g/mol. The van der Waals surface area contributed by atoms with Crippen LogP contribution in [0.1, 0.15) is 17.3 Å². The highest BCUT2D eigenvalue weighted by Gasteiger charge is 2.10.